The SMILES string of the molecule is COC(=O)N[C@H](C(=O)N1CCC[C@H]1c1nc(-c2ccc(C(Cc3ccc(-c4cnc([C@@H]5CCCN5C(=O)[C@@H](NC(=O)OC)C(C)C)[nH]4)cc3)c3ccc(C(C)(C)C)cc3)cc2)c[nH]1)C(C)C. The maximum absolute atomic E-state index is 13.7. The van der Waals surface area contributed by atoms with Crippen LogP contribution >= 0.6 is 0 Å². The highest BCUT2D eigenvalue weighted by molar-refractivity contribution is 5.87. The van der Waals surface area contributed by atoms with Gasteiger partial charge in [0, 0.05) is 30.8 Å². The zero-order valence-corrected chi connectivity index (χ0v) is 39.8. The molecule has 7 rings (SSSR count). The van der Waals surface area contributed by atoms with Crippen molar-refractivity contribution in [2.45, 2.75) is 116 Å². The van der Waals surface area contributed by atoms with Gasteiger partial charge in [0.05, 0.1) is 43.9 Å². The summed E-state index contributed by atoms with van der Waals surface area (Å²) in [6.07, 6.45) is 6.51. The normalized spacial score (nSPS) is 17.7. The maximum atomic E-state index is 13.7. The summed E-state index contributed by atoms with van der Waals surface area (Å²) in [5.74, 6) is 1.03. The highest BCUT2D eigenvalue weighted by Crippen LogP contribution is 2.36. The molecule has 5 aromatic rings. The van der Waals surface area contributed by atoms with E-state index in [1.165, 1.54) is 36.5 Å². The third-order valence-corrected chi connectivity index (χ3v) is 13.2. The highest BCUT2D eigenvalue weighted by Gasteiger charge is 2.39. The number of hydrogen-bond donors (Lipinski definition) is 4. The van der Waals surface area contributed by atoms with Crippen molar-refractivity contribution < 1.29 is 28.7 Å². The molecule has 66 heavy (non-hydrogen) atoms. The molecule has 0 spiro atoms. The molecule has 0 radical (unpaired) electrons. The molecule has 5 atom stereocenters. The van der Waals surface area contributed by atoms with Gasteiger partial charge >= 0.3 is 12.2 Å². The Morgan fingerprint density at radius 2 is 1.21 bits per heavy atom. The summed E-state index contributed by atoms with van der Waals surface area (Å²) < 4.78 is 9.60. The van der Waals surface area contributed by atoms with Crippen molar-refractivity contribution in [1.82, 2.24) is 40.4 Å². The molecule has 14 nitrogen and oxygen atoms in total. The quantitative estimate of drug-likeness (QED) is 0.0854. The maximum Gasteiger partial charge on any atom is 0.407 e. The lowest BCUT2D eigenvalue weighted by Gasteiger charge is -2.30. The Morgan fingerprint density at radius 3 is 1.71 bits per heavy atom. The largest absolute Gasteiger partial charge is 0.453 e. The molecule has 350 valence electrons. The molecule has 0 bridgehead atoms. The minimum atomic E-state index is -0.697. The molecule has 2 aliphatic rings. The third-order valence-electron chi connectivity index (χ3n) is 13.2. The average molecular weight is 899 g/mol. The predicted octanol–water partition coefficient (Wildman–Crippen LogP) is 9.23. The van der Waals surface area contributed by atoms with Crippen molar-refractivity contribution in [3.8, 4) is 22.5 Å². The molecule has 3 aromatic carbocycles. The molecule has 2 aromatic heterocycles. The van der Waals surface area contributed by atoms with Gasteiger partial charge < -0.3 is 39.9 Å². The van der Waals surface area contributed by atoms with Crippen LogP contribution < -0.4 is 10.6 Å². The Balaban J connectivity index is 1.08. The van der Waals surface area contributed by atoms with Crippen LogP contribution in [0.1, 0.15) is 126 Å². The van der Waals surface area contributed by atoms with Gasteiger partial charge in [0.2, 0.25) is 11.8 Å². The molecular weight excluding hydrogens is 833 g/mol. The number of benzene rings is 3. The Labute approximate surface area is 388 Å². The number of H-pyrrole nitrogens is 2. The molecular formula is C52H66N8O6. The van der Waals surface area contributed by atoms with E-state index in [1.54, 1.807) is 0 Å². The summed E-state index contributed by atoms with van der Waals surface area (Å²) in [6.45, 7) is 15.5. The Morgan fingerprint density at radius 1 is 0.712 bits per heavy atom. The molecule has 2 aliphatic heterocycles. The number of amides is 4. The Kier molecular flexibility index (Phi) is 14.7. The zero-order chi connectivity index (χ0) is 47.3. The third kappa shape index (κ3) is 10.6. The summed E-state index contributed by atoms with van der Waals surface area (Å²) in [4.78, 5) is 71.8. The minimum Gasteiger partial charge on any atom is -0.453 e. The van der Waals surface area contributed by atoms with E-state index in [2.05, 4.69) is 114 Å². The van der Waals surface area contributed by atoms with Crippen LogP contribution in [0, 0.1) is 11.8 Å². The number of aromatic nitrogens is 4. The van der Waals surface area contributed by atoms with Crippen LogP contribution in [0.2, 0.25) is 0 Å². The first-order valence-electron chi connectivity index (χ1n) is 23.3. The number of methoxy groups -OCH3 is 2. The van der Waals surface area contributed by atoms with Gasteiger partial charge in [-0.1, -0.05) is 121 Å². The van der Waals surface area contributed by atoms with Crippen molar-refractivity contribution in [2.24, 2.45) is 11.8 Å². The number of rotatable bonds is 14. The van der Waals surface area contributed by atoms with E-state index in [-0.39, 0.29) is 47.1 Å². The number of hydrogen-bond acceptors (Lipinski definition) is 8. The van der Waals surface area contributed by atoms with Crippen molar-refractivity contribution >= 4 is 24.0 Å². The van der Waals surface area contributed by atoms with Crippen LogP contribution in [-0.2, 0) is 30.9 Å². The van der Waals surface area contributed by atoms with Crippen molar-refractivity contribution in [1.29, 1.82) is 0 Å². The second-order valence-corrected chi connectivity index (χ2v) is 19.4. The lowest BCUT2D eigenvalue weighted by Crippen LogP contribution is -2.51. The van der Waals surface area contributed by atoms with E-state index in [0.29, 0.717) is 13.1 Å². The van der Waals surface area contributed by atoms with Crippen LogP contribution in [0.5, 0.6) is 0 Å². The molecule has 0 aliphatic carbocycles. The van der Waals surface area contributed by atoms with Crippen molar-refractivity contribution in [3.05, 3.63) is 119 Å². The molecule has 14 heteroatoms. The van der Waals surface area contributed by atoms with Crippen molar-refractivity contribution in [3.63, 3.8) is 0 Å². The number of aromatic amines is 2. The second kappa shape index (κ2) is 20.4. The van der Waals surface area contributed by atoms with Crippen LogP contribution in [0.4, 0.5) is 9.59 Å². The number of nitrogens with one attached hydrogen (secondary N) is 4. The van der Waals surface area contributed by atoms with Gasteiger partial charge in [-0.3, -0.25) is 9.59 Å². The number of alkyl carbamates (subject to hydrolysis) is 2. The Bertz CT molecular complexity index is 2450. The molecule has 2 fully saturated rings. The number of nitrogens with zero attached hydrogens (tertiary/aromatic N) is 4. The fourth-order valence-electron chi connectivity index (χ4n) is 9.28. The summed E-state index contributed by atoms with van der Waals surface area (Å²) in [5, 5.41) is 5.44. The van der Waals surface area contributed by atoms with Crippen LogP contribution in [0.25, 0.3) is 22.5 Å². The number of carbonyl (C=O) groups excluding carboxylic acids is 4. The van der Waals surface area contributed by atoms with E-state index in [9.17, 15) is 19.2 Å². The number of likely N-dealkylation sites (tertiary alicyclic amines) is 2. The van der Waals surface area contributed by atoms with Crippen LogP contribution in [-0.4, -0.2) is 93.1 Å². The fraction of sp³-hybridized carbons (Fsp3) is 0.462. The first kappa shape index (κ1) is 47.5. The zero-order valence-electron chi connectivity index (χ0n) is 39.8. The molecule has 2 saturated heterocycles. The smallest absolute Gasteiger partial charge is 0.407 e. The summed E-state index contributed by atoms with van der Waals surface area (Å²) in [7, 11) is 2.59. The number of carbonyl (C=O) groups is 4. The lowest BCUT2D eigenvalue weighted by molar-refractivity contribution is -0.136. The molecule has 4 heterocycles. The number of ether oxygens (including phenoxy) is 2. The van der Waals surface area contributed by atoms with Gasteiger partial charge in [-0.15, -0.1) is 0 Å². The van der Waals surface area contributed by atoms with Gasteiger partial charge in [-0.2, -0.15) is 0 Å². The van der Waals surface area contributed by atoms with E-state index in [1.807, 2.05) is 49.9 Å². The minimum absolute atomic E-state index is 0.0309. The van der Waals surface area contributed by atoms with Gasteiger partial charge in [0.25, 0.3) is 0 Å². The molecule has 1 unspecified atom stereocenters. The fourth-order valence-corrected chi connectivity index (χ4v) is 9.28. The van der Waals surface area contributed by atoms with Crippen LogP contribution in [0.3, 0.4) is 0 Å². The summed E-state index contributed by atoms with van der Waals surface area (Å²) in [6, 6.07) is 24.4. The van der Waals surface area contributed by atoms with E-state index < -0.39 is 24.3 Å². The molecule has 4 amide bonds. The first-order chi connectivity index (χ1) is 31.6. The second-order valence-electron chi connectivity index (χ2n) is 19.4. The van der Waals surface area contributed by atoms with Gasteiger partial charge in [0.15, 0.2) is 0 Å². The molecule has 4 N–H and O–H groups in total. The predicted molar refractivity (Wildman–Crippen MR) is 254 cm³/mol. The van der Waals surface area contributed by atoms with E-state index >= 15 is 0 Å². The summed E-state index contributed by atoms with van der Waals surface area (Å²) >= 11 is 0. The van der Waals surface area contributed by atoms with Gasteiger partial charge in [-0.25, -0.2) is 19.6 Å². The lowest BCUT2D eigenvalue weighted by atomic mass is 9.82. The van der Waals surface area contributed by atoms with E-state index in [0.717, 1.165) is 66.3 Å². The standard InChI is InChI=1S/C52H66N8O6/c1-31(2)44(57-50(63)65-8)48(61)59-26-10-12-42(59)46-53-29-40(55-46)36-16-14-33(15-17-36)28-39(35-22-24-38(25-23-35)52(5,6)7)34-18-20-37(21-19-34)41-30-54-47(56-41)43-13-11-27-60(43)49(62)45(32(3)4)58-51(64)66-9/h14-25,29-32,39,42-45H,10-13,26-28H2,1-9H3,(H,53,55)(H,54,56)(H,57,63)(H,58,64)/t39?,42-,43-,44-,45-/m0/s1. The first-order valence-corrected chi connectivity index (χ1v) is 23.3. The van der Waals surface area contributed by atoms with Gasteiger partial charge in [-0.05, 0) is 77.2 Å². The molecule has 0 saturated carbocycles. The summed E-state index contributed by atoms with van der Waals surface area (Å²) in [5.41, 5.74) is 8.55. The topological polar surface area (TPSA) is 175 Å². The monoisotopic (exact) mass is 899 g/mol. The number of imidazole rings is 2. The van der Waals surface area contributed by atoms with Crippen LogP contribution in [0.15, 0.2) is 85.2 Å². The highest BCUT2D eigenvalue weighted by atomic mass is 16.5. The Hall–Kier alpha value is -6.44. The average Bonchev–Trinajstić information content (AvgIpc) is 4.16. The van der Waals surface area contributed by atoms with E-state index in [4.69, 9.17) is 19.4 Å². The van der Waals surface area contributed by atoms with Crippen molar-refractivity contribution in [2.75, 3.05) is 27.3 Å². The van der Waals surface area contributed by atoms with Gasteiger partial charge in [0.1, 0.15) is 23.7 Å².